The van der Waals surface area contributed by atoms with Crippen molar-refractivity contribution in [2.45, 2.75) is 25.8 Å². The van der Waals surface area contributed by atoms with Crippen LogP contribution in [-0.2, 0) is 11.3 Å². The standard InChI is InChI=1S/C20H22N4O2/c1-13(2)20(26)22-16-6-7-18(21-9-16)23-10-14-8-15(12-23)17-4-3-5-19(25)24(17)11-14/h3-7,9,14-15H,1,8,10-12H2,2H3,(H,22,26)/t14-,15+/m1/s1. The molecule has 2 aliphatic heterocycles. The lowest BCUT2D eigenvalue weighted by molar-refractivity contribution is -0.112. The summed E-state index contributed by atoms with van der Waals surface area (Å²) in [5.41, 5.74) is 2.35. The molecule has 6 nitrogen and oxygen atoms in total. The maximum Gasteiger partial charge on any atom is 0.250 e. The Morgan fingerprint density at radius 2 is 2.08 bits per heavy atom. The van der Waals surface area contributed by atoms with Crippen LogP contribution in [0.3, 0.4) is 0 Å². The first-order valence-electron chi connectivity index (χ1n) is 8.89. The normalized spacial score (nSPS) is 21.0. The summed E-state index contributed by atoms with van der Waals surface area (Å²) in [6, 6.07) is 9.36. The average molecular weight is 350 g/mol. The molecular weight excluding hydrogens is 328 g/mol. The van der Waals surface area contributed by atoms with Gasteiger partial charge in [-0.05, 0) is 37.5 Å². The van der Waals surface area contributed by atoms with Gasteiger partial charge in [-0.25, -0.2) is 4.98 Å². The molecule has 2 aliphatic rings. The van der Waals surface area contributed by atoms with Gasteiger partial charge in [-0.2, -0.15) is 0 Å². The zero-order valence-electron chi connectivity index (χ0n) is 14.8. The number of carbonyl (C=O) groups is 1. The van der Waals surface area contributed by atoms with E-state index in [4.69, 9.17) is 0 Å². The molecule has 2 aromatic heterocycles. The molecule has 6 heteroatoms. The first kappa shape index (κ1) is 16.6. The Hall–Kier alpha value is -2.89. The van der Waals surface area contributed by atoms with Crippen LogP contribution in [0.4, 0.5) is 11.5 Å². The third kappa shape index (κ3) is 3.03. The Morgan fingerprint density at radius 3 is 2.81 bits per heavy atom. The number of nitrogens with zero attached hydrogens (tertiary/aromatic N) is 3. The summed E-state index contributed by atoms with van der Waals surface area (Å²) in [4.78, 5) is 30.6. The quantitative estimate of drug-likeness (QED) is 0.863. The summed E-state index contributed by atoms with van der Waals surface area (Å²) in [6.07, 6.45) is 2.80. The molecule has 26 heavy (non-hydrogen) atoms. The molecule has 0 aromatic carbocycles. The highest BCUT2D eigenvalue weighted by Crippen LogP contribution is 2.36. The smallest absolute Gasteiger partial charge is 0.250 e. The number of nitrogens with one attached hydrogen (secondary N) is 1. The summed E-state index contributed by atoms with van der Waals surface area (Å²) in [7, 11) is 0. The van der Waals surface area contributed by atoms with E-state index in [0.717, 1.165) is 37.6 Å². The molecule has 134 valence electrons. The zero-order valence-corrected chi connectivity index (χ0v) is 14.8. The summed E-state index contributed by atoms with van der Waals surface area (Å²) < 4.78 is 1.93. The second-order valence-corrected chi connectivity index (χ2v) is 7.24. The topological polar surface area (TPSA) is 67.2 Å². The van der Waals surface area contributed by atoms with Gasteiger partial charge in [0.25, 0.3) is 11.5 Å². The highest BCUT2D eigenvalue weighted by atomic mass is 16.1. The summed E-state index contributed by atoms with van der Waals surface area (Å²) in [6.45, 7) is 7.82. The molecule has 1 amide bonds. The summed E-state index contributed by atoms with van der Waals surface area (Å²) in [5, 5.41) is 2.77. The Kier molecular flexibility index (Phi) is 4.11. The highest BCUT2D eigenvalue weighted by Gasteiger charge is 2.34. The number of rotatable bonds is 3. The van der Waals surface area contributed by atoms with Gasteiger partial charge in [-0.3, -0.25) is 9.59 Å². The van der Waals surface area contributed by atoms with E-state index in [9.17, 15) is 9.59 Å². The molecule has 0 unspecified atom stereocenters. The Balaban J connectivity index is 1.53. The van der Waals surface area contributed by atoms with Crippen molar-refractivity contribution in [2.24, 2.45) is 5.92 Å². The maximum absolute atomic E-state index is 12.1. The number of aromatic nitrogens is 2. The van der Waals surface area contributed by atoms with E-state index in [1.165, 1.54) is 0 Å². The van der Waals surface area contributed by atoms with Crippen LogP contribution >= 0.6 is 0 Å². The molecule has 4 heterocycles. The third-order valence-corrected chi connectivity index (χ3v) is 5.20. The first-order chi connectivity index (χ1) is 12.5. The van der Waals surface area contributed by atoms with E-state index in [0.29, 0.717) is 23.1 Å². The van der Waals surface area contributed by atoms with Gasteiger partial charge >= 0.3 is 0 Å². The van der Waals surface area contributed by atoms with Gasteiger partial charge in [0.15, 0.2) is 0 Å². The highest BCUT2D eigenvalue weighted by molar-refractivity contribution is 6.02. The van der Waals surface area contributed by atoms with Crippen molar-refractivity contribution >= 4 is 17.4 Å². The van der Waals surface area contributed by atoms with Crippen molar-refractivity contribution in [2.75, 3.05) is 23.3 Å². The second kappa shape index (κ2) is 6.44. The van der Waals surface area contributed by atoms with Crippen LogP contribution in [0.1, 0.15) is 25.0 Å². The molecule has 0 radical (unpaired) electrons. The van der Waals surface area contributed by atoms with Crippen LogP contribution in [-0.4, -0.2) is 28.5 Å². The monoisotopic (exact) mass is 350 g/mol. The van der Waals surface area contributed by atoms with Crippen LogP contribution in [0, 0.1) is 5.92 Å². The van der Waals surface area contributed by atoms with E-state index in [1.54, 1.807) is 19.2 Å². The molecule has 2 aromatic rings. The van der Waals surface area contributed by atoms with Crippen molar-refractivity contribution in [3.63, 3.8) is 0 Å². The molecule has 0 aliphatic carbocycles. The maximum atomic E-state index is 12.1. The molecule has 0 spiro atoms. The van der Waals surface area contributed by atoms with Gasteiger partial charge in [0.1, 0.15) is 5.82 Å². The molecule has 1 N–H and O–H groups in total. The number of fused-ring (bicyclic) bond motifs is 4. The average Bonchev–Trinajstić information content (AvgIpc) is 2.63. The van der Waals surface area contributed by atoms with Crippen molar-refractivity contribution < 1.29 is 4.79 Å². The molecule has 2 atom stereocenters. The molecule has 1 fully saturated rings. The van der Waals surface area contributed by atoms with Gasteiger partial charge in [-0.1, -0.05) is 12.6 Å². The minimum absolute atomic E-state index is 0.0985. The minimum atomic E-state index is -0.200. The zero-order chi connectivity index (χ0) is 18.3. The minimum Gasteiger partial charge on any atom is -0.356 e. The second-order valence-electron chi connectivity index (χ2n) is 7.24. The molecule has 0 saturated carbocycles. The molecule has 4 rings (SSSR count). The fourth-order valence-corrected chi connectivity index (χ4v) is 3.97. The van der Waals surface area contributed by atoms with Crippen LogP contribution in [0.2, 0.25) is 0 Å². The predicted octanol–water partition coefficient (Wildman–Crippen LogP) is 2.38. The largest absolute Gasteiger partial charge is 0.356 e. The van der Waals surface area contributed by atoms with Gasteiger partial charge in [-0.15, -0.1) is 0 Å². The third-order valence-electron chi connectivity index (χ3n) is 5.20. The van der Waals surface area contributed by atoms with Gasteiger partial charge in [0.05, 0.1) is 11.9 Å². The summed E-state index contributed by atoms with van der Waals surface area (Å²) >= 11 is 0. The fourth-order valence-electron chi connectivity index (χ4n) is 3.97. The van der Waals surface area contributed by atoms with Crippen molar-refractivity contribution in [3.05, 3.63) is 64.7 Å². The molecular formula is C20H22N4O2. The van der Waals surface area contributed by atoms with Crippen LogP contribution in [0.25, 0.3) is 0 Å². The Morgan fingerprint density at radius 1 is 1.23 bits per heavy atom. The predicted molar refractivity (Wildman–Crippen MR) is 101 cm³/mol. The number of anilines is 2. The Labute approximate surface area is 152 Å². The number of amides is 1. The van der Waals surface area contributed by atoms with Crippen molar-refractivity contribution in [3.8, 4) is 0 Å². The lowest BCUT2D eigenvalue weighted by Crippen LogP contribution is -2.47. The van der Waals surface area contributed by atoms with Crippen LogP contribution in [0.15, 0.2) is 53.5 Å². The molecule has 1 saturated heterocycles. The van der Waals surface area contributed by atoms with Gasteiger partial charge in [0, 0.05) is 42.9 Å². The Bertz CT molecular complexity index is 916. The summed E-state index contributed by atoms with van der Waals surface area (Å²) in [5.74, 6) is 1.50. The van der Waals surface area contributed by atoms with Crippen molar-refractivity contribution in [1.82, 2.24) is 9.55 Å². The number of carbonyl (C=O) groups excluding carboxylic acids is 1. The van der Waals surface area contributed by atoms with Gasteiger partial charge in [0.2, 0.25) is 0 Å². The lowest BCUT2D eigenvalue weighted by atomic mass is 9.83. The van der Waals surface area contributed by atoms with Crippen LogP contribution < -0.4 is 15.8 Å². The fraction of sp³-hybridized carbons (Fsp3) is 0.350. The first-order valence-corrected chi connectivity index (χ1v) is 8.89. The SMILES string of the molecule is C=C(C)C(=O)Nc1ccc(N2C[C@H]3C[C@@H](C2)c2cccc(=O)n2C3)nc1. The number of hydrogen-bond donors (Lipinski definition) is 1. The number of piperidine rings is 1. The number of hydrogen-bond acceptors (Lipinski definition) is 4. The van der Waals surface area contributed by atoms with E-state index in [-0.39, 0.29) is 11.5 Å². The van der Waals surface area contributed by atoms with Gasteiger partial charge < -0.3 is 14.8 Å². The lowest BCUT2D eigenvalue weighted by Gasteiger charge is -2.43. The van der Waals surface area contributed by atoms with Crippen LogP contribution in [0.5, 0.6) is 0 Å². The van der Waals surface area contributed by atoms with E-state index < -0.39 is 0 Å². The van der Waals surface area contributed by atoms with E-state index in [1.807, 2.05) is 22.8 Å². The number of pyridine rings is 2. The molecule has 2 bridgehead atoms. The van der Waals surface area contributed by atoms with E-state index >= 15 is 0 Å². The van der Waals surface area contributed by atoms with Crippen molar-refractivity contribution in [1.29, 1.82) is 0 Å². The van der Waals surface area contributed by atoms with E-state index in [2.05, 4.69) is 27.8 Å².